The normalized spacial score (nSPS) is 33.6. The van der Waals surface area contributed by atoms with Gasteiger partial charge in [0, 0.05) is 34.6 Å². The summed E-state index contributed by atoms with van der Waals surface area (Å²) in [6, 6.07) is 0. The van der Waals surface area contributed by atoms with E-state index in [2.05, 4.69) is 26.8 Å². The first-order valence-electron chi connectivity index (χ1n) is 9.27. The summed E-state index contributed by atoms with van der Waals surface area (Å²) in [6.07, 6.45) is 3.03. The Bertz CT molecular complexity index is 821. The van der Waals surface area contributed by atoms with Crippen molar-refractivity contribution >= 4 is 17.5 Å². The minimum atomic E-state index is -0.466. The number of ether oxygens (including phenoxy) is 1. The molecule has 3 rings (SSSR count). The van der Waals surface area contributed by atoms with Gasteiger partial charge in [0.15, 0.2) is 11.6 Å². The van der Waals surface area contributed by atoms with E-state index in [0.717, 1.165) is 12.0 Å². The number of esters is 1. The quantitative estimate of drug-likeness (QED) is 0.403. The van der Waals surface area contributed by atoms with Crippen LogP contribution in [0.2, 0.25) is 0 Å². The third-order valence-electron chi connectivity index (χ3n) is 6.89. The number of rotatable bonds is 1. The minimum Gasteiger partial charge on any atom is -0.457 e. The molecule has 3 aliphatic carbocycles. The van der Waals surface area contributed by atoms with Gasteiger partial charge < -0.3 is 4.74 Å². The van der Waals surface area contributed by atoms with Gasteiger partial charge in [0.05, 0.1) is 0 Å². The highest BCUT2D eigenvalue weighted by Gasteiger charge is 2.59. The molecule has 3 aliphatic rings. The van der Waals surface area contributed by atoms with E-state index in [4.69, 9.17) is 4.74 Å². The molecule has 0 radical (unpaired) electrons. The molecule has 26 heavy (non-hydrogen) atoms. The summed E-state index contributed by atoms with van der Waals surface area (Å²) >= 11 is 0. The van der Waals surface area contributed by atoms with E-state index in [-0.39, 0.29) is 29.6 Å². The summed E-state index contributed by atoms with van der Waals surface area (Å²) in [6.45, 7) is 13.1. The maximum Gasteiger partial charge on any atom is 0.303 e. The van der Waals surface area contributed by atoms with Crippen molar-refractivity contribution in [2.45, 2.75) is 67.4 Å². The van der Waals surface area contributed by atoms with Gasteiger partial charge >= 0.3 is 5.97 Å². The van der Waals surface area contributed by atoms with Gasteiger partial charge in [-0.3, -0.25) is 14.4 Å². The maximum atomic E-state index is 13.1. The molecule has 0 bridgehead atoms. The van der Waals surface area contributed by atoms with Crippen molar-refractivity contribution in [2.75, 3.05) is 0 Å². The predicted octanol–water partition coefficient (Wildman–Crippen LogP) is 4.11. The third-order valence-corrected chi connectivity index (χ3v) is 6.89. The number of fused-ring (bicyclic) bond motifs is 1. The van der Waals surface area contributed by atoms with Crippen molar-refractivity contribution in [3.8, 4) is 0 Å². The molecule has 0 aromatic carbocycles. The molecule has 140 valence electrons. The first-order valence-corrected chi connectivity index (χ1v) is 9.27. The Kier molecular flexibility index (Phi) is 4.17. The number of carbonyl (C=O) groups excluding carboxylic acids is 3. The van der Waals surface area contributed by atoms with E-state index < -0.39 is 10.8 Å². The lowest BCUT2D eigenvalue weighted by Crippen LogP contribution is -2.55. The highest BCUT2D eigenvalue weighted by atomic mass is 16.5. The fourth-order valence-corrected chi connectivity index (χ4v) is 5.52. The lowest BCUT2D eigenvalue weighted by Gasteiger charge is -2.56. The summed E-state index contributed by atoms with van der Waals surface area (Å²) in [5.74, 6) is -0.233. The molecule has 0 saturated carbocycles. The van der Waals surface area contributed by atoms with Crippen molar-refractivity contribution in [3.05, 3.63) is 33.9 Å². The number of Topliss-reactive ketones (excluding diaryl/α,β-unsaturated/α-hetero) is 2. The van der Waals surface area contributed by atoms with Crippen LogP contribution in [0.5, 0.6) is 0 Å². The second-order valence-corrected chi connectivity index (χ2v) is 8.89. The van der Waals surface area contributed by atoms with E-state index in [0.29, 0.717) is 28.7 Å². The summed E-state index contributed by atoms with van der Waals surface area (Å²) < 4.78 is 5.72. The van der Waals surface area contributed by atoms with Gasteiger partial charge in [-0.15, -0.1) is 0 Å². The van der Waals surface area contributed by atoms with Gasteiger partial charge in [-0.25, -0.2) is 0 Å². The zero-order chi connectivity index (χ0) is 19.6. The molecular weight excluding hydrogens is 328 g/mol. The predicted molar refractivity (Wildman–Crippen MR) is 99.3 cm³/mol. The van der Waals surface area contributed by atoms with Gasteiger partial charge in [0.25, 0.3) is 0 Å². The number of allylic oxidation sites excluding steroid dienone is 5. The Morgan fingerprint density at radius 1 is 1.08 bits per heavy atom. The Hall–Kier alpha value is -1.97. The molecule has 0 aromatic rings. The highest BCUT2D eigenvalue weighted by Crippen LogP contribution is 2.61. The fourth-order valence-electron chi connectivity index (χ4n) is 5.52. The molecular formula is C22H28O4. The molecule has 0 aliphatic heterocycles. The standard InChI is InChI=1S/C22H28O4/c1-11-8-9-16-21(5,6)17-15(18(24)12(2)13(3)19(17)25)10-22(16,7)20(11)26-14(4)23/h8,16,20H,9-10H2,1-7H3/t16-,20?,22-/m0/s1. The Morgan fingerprint density at radius 3 is 2.23 bits per heavy atom. The molecule has 3 atom stereocenters. The summed E-state index contributed by atoms with van der Waals surface area (Å²) in [7, 11) is 0. The van der Waals surface area contributed by atoms with Crippen molar-refractivity contribution in [3.63, 3.8) is 0 Å². The molecule has 0 saturated heterocycles. The number of ketones is 2. The van der Waals surface area contributed by atoms with Crippen LogP contribution in [0.3, 0.4) is 0 Å². The molecule has 0 amide bonds. The molecule has 4 heteroatoms. The van der Waals surface area contributed by atoms with E-state index >= 15 is 0 Å². The van der Waals surface area contributed by atoms with E-state index in [1.807, 2.05) is 6.92 Å². The Labute approximate surface area is 155 Å². The zero-order valence-corrected chi connectivity index (χ0v) is 16.8. The van der Waals surface area contributed by atoms with Crippen molar-refractivity contribution < 1.29 is 19.1 Å². The molecule has 1 unspecified atom stereocenters. The largest absolute Gasteiger partial charge is 0.457 e. The average Bonchev–Trinajstić information content (AvgIpc) is 2.53. The lowest BCUT2D eigenvalue weighted by molar-refractivity contribution is -0.157. The Morgan fingerprint density at radius 2 is 1.65 bits per heavy atom. The summed E-state index contributed by atoms with van der Waals surface area (Å²) in [4.78, 5) is 37.8. The van der Waals surface area contributed by atoms with Crippen molar-refractivity contribution in [1.82, 2.24) is 0 Å². The van der Waals surface area contributed by atoms with Gasteiger partial charge in [-0.05, 0) is 50.5 Å². The second kappa shape index (κ2) is 5.77. The van der Waals surface area contributed by atoms with E-state index in [1.54, 1.807) is 13.8 Å². The maximum absolute atomic E-state index is 13.1. The zero-order valence-electron chi connectivity index (χ0n) is 16.8. The minimum absolute atomic E-state index is 0.000499. The summed E-state index contributed by atoms with van der Waals surface area (Å²) in [5.41, 5.74) is 2.54. The smallest absolute Gasteiger partial charge is 0.303 e. The van der Waals surface area contributed by atoms with Crippen molar-refractivity contribution in [2.24, 2.45) is 16.7 Å². The van der Waals surface area contributed by atoms with Crippen LogP contribution in [0.15, 0.2) is 33.9 Å². The molecule has 4 nitrogen and oxygen atoms in total. The van der Waals surface area contributed by atoms with E-state index in [9.17, 15) is 14.4 Å². The second-order valence-electron chi connectivity index (χ2n) is 8.89. The van der Waals surface area contributed by atoms with Crippen LogP contribution in [0.4, 0.5) is 0 Å². The van der Waals surface area contributed by atoms with Gasteiger partial charge in [0.2, 0.25) is 0 Å². The molecule has 0 fully saturated rings. The molecule has 0 aromatic heterocycles. The highest BCUT2D eigenvalue weighted by molar-refractivity contribution is 6.25. The fraction of sp³-hybridized carbons (Fsp3) is 0.591. The number of hydrogen-bond acceptors (Lipinski definition) is 4. The topological polar surface area (TPSA) is 60.4 Å². The van der Waals surface area contributed by atoms with Gasteiger partial charge in [-0.2, -0.15) is 0 Å². The van der Waals surface area contributed by atoms with Crippen LogP contribution in [-0.4, -0.2) is 23.6 Å². The third kappa shape index (κ3) is 2.38. The first-order chi connectivity index (χ1) is 11.9. The monoisotopic (exact) mass is 356 g/mol. The van der Waals surface area contributed by atoms with Crippen LogP contribution in [0, 0.1) is 16.7 Å². The van der Waals surface area contributed by atoms with Crippen LogP contribution in [-0.2, 0) is 19.1 Å². The first kappa shape index (κ1) is 18.8. The van der Waals surface area contributed by atoms with E-state index in [1.165, 1.54) is 6.92 Å². The van der Waals surface area contributed by atoms with Crippen LogP contribution in [0.25, 0.3) is 0 Å². The van der Waals surface area contributed by atoms with Crippen LogP contribution >= 0.6 is 0 Å². The molecule has 0 spiro atoms. The molecule has 0 heterocycles. The number of hydrogen-bond donors (Lipinski definition) is 0. The van der Waals surface area contributed by atoms with Gasteiger partial charge in [-0.1, -0.05) is 26.8 Å². The molecule has 0 N–H and O–H groups in total. The van der Waals surface area contributed by atoms with Crippen LogP contribution in [0.1, 0.15) is 61.3 Å². The summed E-state index contributed by atoms with van der Waals surface area (Å²) in [5, 5.41) is 0. The van der Waals surface area contributed by atoms with Crippen molar-refractivity contribution in [1.29, 1.82) is 0 Å². The SMILES string of the molecule is CC(=O)OC1C(C)=CC[C@H]2C(C)(C)C3=C(C[C@]12C)C(=O)C(C)=C(C)C3=O. The van der Waals surface area contributed by atoms with Crippen LogP contribution < -0.4 is 0 Å². The number of carbonyl (C=O) groups is 3. The van der Waals surface area contributed by atoms with Gasteiger partial charge in [0.1, 0.15) is 6.10 Å². The Balaban J connectivity index is 2.20. The lowest BCUT2D eigenvalue weighted by atomic mass is 9.48. The average molecular weight is 356 g/mol.